The van der Waals surface area contributed by atoms with Gasteiger partial charge in [-0.2, -0.15) is 0 Å². The summed E-state index contributed by atoms with van der Waals surface area (Å²) in [4.78, 5) is 22.7. The van der Waals surface area contributed by atoms with Crippen LogP contribution in [-0.4, -0.2) is 36.8 Å². The van der Waals surface area contributed by atoms with E-state index >= 15 is 0 Å². The number of anilines is 3. The standard InChI is InChI=1S/C25H25N5O3/c1-32-17-6-7-23(33-2)21(14-17)29-25(31)28-20-4-3-5-22-19(20)10-13-30(22)15-16-8-11-26-24-18(16)9-12-27-24/h3-9,11-12,14H,10,13,15H2,1-2H3,(H,26,27)(H2,28,29,31). The second-order valence-electron chi connectivity index (χ2n) is 7.83. The Morgan fingerprint density at radius 2 is 1.97 bits per heavy atom. The van der Waals surface area contributed by atoms with Gasteiger partial charge in [0.1, 0.15) is 17.1 Å². The van der Waals surface area contributed by atoms with Gasteiger partial charge in [-0.3, -0.25) is 0 Å². The Balaban J connectivity index is 1.34. The summed E-state index contributed by atoms with van der Waals surface area (Å²) in [5, 5.41) is 7.00. The Morgan fingerprint density at radius 1 is 1.09 bits per heavy atom. The number of hydrogen-bond acceptors (Lipinski definition) is 5. The molecule has 8 nitrogen and oxygen atoms in total. The lowest BCUT2D eigenvalue weighted by Gasteiger charge is -2.20. The molecule has 168 valence electrons. The van der Waals surface area contributed by atoms with Gasteiger partial charge in [0.05, 0.1) is 19.9 Å². The number of nitrogens with one attached hydrogen (secondary N) is 3. The fraction of sp³-hybridized carbons (Fsp3) is 0.200. The van der Waals surface area contributed by atoms with Crippen molar-refractivity contribution >= 4 is 34.1 Å². The van der Waals surface area contributed by atoms with E-state index in [4.69, 9.17) is 9.47 Å². The van der Waals surface area contributed by atoms with Crippen LogP contribution in [0.4, 0.5) is 21.9 Å². The number of pyridine rings is 1. The van der Waals surface area contributed by atoms with E-state index in [1.807, 2.05) is 24.5 Å². The zero-order chi connectivity index (χ0) is 22.8. The third kappa shape index (κ3) is 4.03. The summed E-state index contributed by atoms with van der Waals surface area (Å²) >= 11 is 0. The smallest absolute Gasteiger partial charge is 0.323 e. The second kappa shape index (κ2) is 8.74. The van der Waals surface area contributed by atoms with Gasteiger partial charge < -0.3 is 30.0 Å². The number of carbonyl (C=O) groups is 1. The summed E-state index contributed by atoms with van der Waals surface area (Å²) in [7, 11) is 3.14. The largest absolute Gasteiger partial charge is 0.497 e. The number of amides is 2. The lowest BCUT2D eigenvalue weighted by Crippen LogP contribution is -2.21. The molecular formula is C25H25N5O3. The summed E-state index contributed by atoms with van der Waals surface area (Å²) in [6.45, 7) is 1.66. The Labute approximate surface area is 191 Å². The van der Waals surface area contributed by atoms with E-state index < -0.39 is 0 Å². The van der Waals surface area contributed by atoms with Crippen molar-refractivity contribution in [3.05, 3.63) is 72.1 Å². The van der Waals surface area contributed by atoms with Crippen LogP contribution in [0.15, 0.2) is 60.9 Å². The minimum Gasteiger partial charge on any atom is -0.497 e. The molecule has 33 heavy (non-hydrogen) atoms. The maximum absolute atomic E-state index is 12.8. The van der Waals surface area contributed by atoms with Crippen molar-refractivity contribution in [3.8, 4) is 11.5 Å². The minimum absolute atomic E-state index is 0.337. The predicted molar refractivity (Wildman–Crippen MR) is 129 cm³/mol. The summed E-state index contributed by atoms with van der Waals surface area (Å²) in [6.07, 6.45) is 4.60. The van der Waals surface area contributed by atoms with Crippen molar-refractivity contribution in [3.63, 3.8) is 0 Å². The number of benzene rings is 2. The van der Waals surface area contributed by atoms with Crippen LogP contribution in [0.1, 0.15) is 11.1 Å². The van der Waals surface area contributed by atoms with Gasteiger partial charge in [-0.05, 0) is 48.4 Å². The van der Waals surface area contributed by atoms with E-state index in [-0.39, 0.29) is 6.03 Å². The maximum atomic E-state index is 12.8. The van der Waals surface area contributed by atoms with Gasteiger partial charge >= 0.3 is 6.03 Å². The van der Waals surface area contributed by atoms with E-state index in [1.165, 1.54) is 5.56 Å². The number of aromatic amines is 1. The molecule has 0 atom stereocenters. The van der Waals surface area contributed by atoms with Gasteiger partial charge in [-0.15, -0.1) is 0 Å². The predicted octanol–water partition coefficient (Wildman–Crippen LogP) is 4.79. The normalized spacial score (nSPS) is 12.5. The third-order valence-corrected chi connectivity index (χ3v) is 5.94. The highest BCUT2D eigenvalue weighted by molar-refractivity contribution is 6.02. The summed E-state index contributed by atoms with van der Waals surface area (Å²) in [5.41, 5.74) is 5.71. The molecule has 0 fully saturated rings. The molecule has 2 amide bonds. The molecule has 4 aromatic rings. The van der Waals surface area contributed by atoms with E-state index in [0.717, 1.165) is 47.5 Å². The first-order chi connectivity index (χ1) is 16.2. The number of aromatic nitrogens is 2. The van der Waals surface area contributed by atoms with Gasteiger partial charge in [0.15, 0.2) is 0 Å². The van der Waals surface area contributed by atoms with Crippen LogP contribution in [-0.2, 0) is 13.0 Å². The molecule has 0 saturated heterocycles. The summed E-state index contributed by atoms with van der Waals surface area (Å²) in [6, 6.07) is 15.1. The van der Waals surface area contributed by atoms with Crippen molar-refractivity contribution in [1.82, 2.24) is 9.97 Å². The number of methoxy groups -OCH3 is 2. The van der Waals surface area contributed by atoms with Crippen molar-refractivity contribution in [1.29, 1.82) is 0 Å². The molecule has 8 heteroatoms. The highest BCUT2D eigenvalue weighted by Crippen LogP contribution is 2.35. The van der Waals surface area contributed by atoms with Crippen molar-refractivity contribution < 1.29 is 14.3 Å². The fourth-order valence-corrected chi connectivity index (χ4v) is 4.33. The Morgan fingerprint density at radius 3 is 2.82 bits per heavy atom. The summed E-state index contributed by atoms with van der Waals surface area (Å²) in [5.74, 6) is 1.19. The number of rotatable bonds is 6. The first-order valence-electron chi connectivity index (χ1n) is 10.7. The molecule has 2 aromatic carbocycles. The Kier molecular flexibility index (Phi) is 5.48. The van der Waals surface area contributed by atoms with Crippen LogP contribution in [0.5, 0.6) is 11.5 Å². The van der Waals surface area contributed by atoms with Gasteiger partial charge in [0.2, 0.25) is 0 Å². The molecule has 0 saturated carbocycles. The van der Waals surface area contributed by atoms with Gasteiger partial charge in [0.25, 0.3) is 0 Å². The van der Waals surface area contributed by atoms with Crippen LogP contribution in [0.3, 0.4) is 0 Å². The number of ether oxygens (including phenoxy) is 2. The van der Waals surface area contributed by atoms with Crippen molar-refractivity contribution in [2.45, 2.75) is 13.0 Å². The van der Waals surface area contributed by atoms with Gasteiger partial charge in [-0.1, -0.05) is 6.07 Å². The van der Waals surface area contributed by atoms with E-state index in [0.29, 0.717) is 17.2 Å². The second-order valence-corrected chi connectivity index (χ2v) is 7.83. The van der Waals surface area contributed by atoms with Crippen LogP contribution in [0, 0.1) is 0 Å². The van der Waals surface area contributed by atoms with Crippen molar-refractivity contribution in [2.75, 3.05) is 36.3 Å². The number of nitrogens with zero attached hydrogens (tertiary/aromatic N) is 2. The lowest BCUT2D eigenvalue weighted by molar-refractivity contribution is 0.262. The molecule has 0 aliphatic carbocycles. The molecule has 5 rings (SSSR count). The SMILES string of the molecule is COc1ccc(OC)c(NC(=O)Nc2cccc3c2CCN3Cc2ccnc3[nH]ccc23)c1. The molecular weight excluding hydrogens is 418 g/mol. The average Bonchev–Trinajstić information content (AvgIpc) is 3.47. The lowest BCUT2D eigenvalue weighted by atomic mass is 10.1. The van der Waals surface area contributed by atoms with E-state index in [2.05, 4.69) is 43.7 Å². The number of fused-ring (bicyclic) bond motifs is 2. The highest BCUT2D eigenvalue weighted by atomic mass is 16.5. The van der Waals surface area contributed by atoms with Crippen LogP contribution < -0.4 is 25.0 Å². The first-order valence-corrected chi connectivity index (χ1v) is 10.7. The monoisotopic (exact) mass is 443 g/mol. The average molecular weight is 444 g/mol. The Hall–Kier alpha value is -4.20. The van der Waals surface area contributed by atoms with Gasteiger partial charge in [0, 0.05) is 53.9 Å². The quantitative estimate of drug-likeness (QED) is 0.399. The molecule has 1 aliphatic heterocycles. The van der Waals surface area contributed by atoms with Crippen molar-refractivity contribution in [2.24, 2.45) is 0 Å². The first kappa shape index (κ1) is 20.7. The topological polar surface area (TPSA) is 91.5 Å². The van der Waals surface area contributed by atoms with Crippen LogP contribution >= 0.6 is 0 Å². The molecule has 0 spiro atoms. The number of carbonyl (C=O) groups excluding carboxylic acids is 1. The van der Waals surface area contributed by atoms with E-state index in [1.54, 1.807) is 32.4 Å². The van der Waals surface area contributed by atoms with Crippen LogP contribution in [0.2, 0.25) is 0 Å². The third-order valence-electron chi connectivity index (χ3n) is 5.94. The molecule has 2 aromatic heterocycles. The molecule has 0 bridgehead atoms. The molecule has 1 aliphatic rings. The Bertz CT molecular complexity index is 1320. The number of hydrogen-bond donors (Lipinski definition) is 3. The number of urea groups is 1. The van der Waals surface area contributed by atoms with Crippen LogP contribution in [0.25, 0.3) is 11.0 Å². The maximum Gasteiger partial charge on any atom is 0.323 e. The van der Waals surface area contributed by atoms with E-state index in [9.17, 15) is 4.79 Å². The zero-order valence-corrected chi connectivity index (χ0v) is 18.5. The molecule has 3 N–H and O–H groups in total. The molecule has 3 heterocycles. The molecule has 0 unspecified atom stereocenters. The molecule has 0 radical (unpaired) electrons. The van der Waals surface area contributed by atoms with Gasteiger partial charge in [-0.25, -0.2) is 9.78 Å². The fourth-order valence-electron chi connectivity index (χ4n) is 4.33. The number of H-pyrrole nitrogens is 1. The minimum atomic E-state index is -0.337. The highest BCUT2D eigenvalue weighted by Gasteiger charge is 2.23. The summed E-state index contributed by atoms with van der Waals surface area (Å²) < 4.78 is 10.6. The zero-order valence-electron chi connectivity index (χ0n) is 18.5.